The summed E-state index contributed by atoms with van der Waals surface area (Å²) in [5, 5.41) is 0.230. The lowest BCUT2D eigenvalue weighted by Crippen LogP contribution is -2.33. The van der Waals surface area contributed by atoms with E-state index in [1.165, 1.54) is 0 Å². The SMILES string of the molecule is NC(=S)NNc1ccccc1. The number of hydrogen-bond acceptors (Lipinski definition) is 2. The summed E-state index contributed by atoms with van der Waals surface area (Å²) in [6.45, 7) is 0. The van der Waals surface area contributed by atoms with Crippen LogP contribution in [-0.4, -0.2) is 5.11 Å². The van der Waals surface area contributed by atoms with Crippen molar-refractivity contribution in [1.29, 1.82) is 0 Å². The van der Waals surface area contributed by atoms with E-state index in [0.29, 0.717) is 0 Å². The van der Waals surface area contributed by atoms with Gasteiger partial charge in [-0.2, -0.15) is 0 Å². The molecule has 0 atom stereocenters. The van der Waals surface area contributed by atoms with E-state index in [1.807, 2.05) is 30.3 Å². The van der Waals surface area contributed by atoms with Crippen molar-refractivity contribution in [1.82, 2.24) is 5.43 Å². The first-order valence-corrected chi connectivity index (χ1v) is 3.56. The highest BCUT2D eigenvalue weighted by molar-refractivity contribution is 7.80. The first kappa shape index (κ1) is 7.81. The molecule has 1 aromatic carbocycles. The van der Waals surface area contributed by atoms with Crippen LogP contribution in [0.5, 0.6) is 0 Å². The van der Waals surface area contributed by atoms with Crippen molar-refractivity contribution in [2.45, 2.75) is 0 Å². The fourth-order valence-electron chi connectivity index (χ4n) is 0.655. The quantitative estimate of drug-likeness (QED) is 0.451. The van der Waals surface area contributed by atoms with Crippen molar-refractivity contribution in [2.24, 2.45) is 5.73 Å². The van der Waals surface area contributed by atoms with Gasteiger partial charge in [-0.1, -0.05) is 18.2 Å². The van der Waals surface area contributed by atoms with Crippen LogP contribution in [0.25, 0.3) is 0 Å². The molecule has 0 bridgehead atoms. The number of para-hydroxylation sites is 1. The Morgan fingerprint density at radius 3 is 2.45 bits per heavy atom. The van der Waals surface area contributed by atoms with Crippen molar-refractivity contribution in [3.63, 3.8) is 0 Å². The molecule has 1 aromatic rings. The predicted molar refractivity (Wildman–Crippen MR) is 50.0 cm³/mol. The number of hydrogen-bond donors (Lipinski definition) is 3. The summed E-state index contributed by atoms with van der Waals surface area (Å²) >= 11 is 4.60. The van der Waals surface area contributed by atoms with Gasteiger partial charge in [-0.25, -0.2) is 0 Å². The van der Waals surface area contributed by atoms with E-state index in [1.54, 1.807) is 0 Å². The molecule has 0 heterocycles. The monoisotopic (exact) mass is 167 g/mol. The van der Waals surface area contributed by atoms with Gasteiger partial charge >= 0.3 is 0 Å². The number of thiocarbonyl (C=S) groups is 1. The Morgan fingerprint density at radius 1 is 1.27 bits per heavy atom. The van der Waals surface area contributed by atoms with E-state index in [2.05, 4.69) is 23.1 Å². The lowest BCUT2D eigenvalue weighted by Gasteiger charge is -2.05. The minimum Gasteiger partial charge on any atom is -0.375 e. The van der Waals surface area contributed by atoms with E-state index < -0.39 is 0 Å². The Labute approximate surface area is 70.6 Å². The third kappa shape index (κ3) is 2.86. The second kappa shape index (κ2) is 3.78. The lowest BCUT2D eigenvalue weighted by molar-refractivity contribution is 1.13. The average molecular weight is 167 g/mol. The molecule has 0 spiro atoms. The maximum absolute atomic E-state index is 5.20. The van der Waals surface area contributed by atoms with Crippen LogP contribution in [0.15, 0.2) is 30.3 Å². The first-order valence-electron chi connectivity index (χ1n) is 3.15. The maximum atomic E-state index is 5.20. The molecule has 0 saturated heterocycles. The Hall–Kier alpha value is -1.29. The number of benzene rings is 1. The van der Waals surface area contributed by atoms with Crippen LogP contribution in [0, 0.1) is 0 Å². The van der Waals surface area contributed by atoms with Crippen molar-refractivity contribution in [3.8, 4) is 0 Å². The molecule has 0 unspecified atom stereocenters. The molecule has 0 aliphatic heterocycles. The number of rotatable bonds is 2. The Bertz CT molecular complexity index is 235. The molecule has 4 N–H and O–H groups in total. The smallest absolute Gasteiger partial charge is 0.182 e. The van der Waals surface area contributed by atoms with Crippen LogP contribution in [-0.2, 0) is 0 Å². The average Bonchev–Trinajstić information content (AvgIpc) is 2.03. The van der Waals surface area contributed by atoms with Gasteiger partial charge in [-0.05, 0) is 24.4 Å². The van der Waals surface area contributed by atoms with Gasteiger partial charge in [0.2, 0.25) is 0 Å². The zero-order chi connectivity index (χ0) is 8.10. The molecule has 11 heavy (non-hydrogen) atoms. The van der Waals surface area contributed by atoms with Crippen LogP contribution in [0.1, 0.15) is 0 Å². The maximum Gasteiger partial charge on any atom is 0.182 e. The van der Waals surface area contributed by atoms with Crippen molar-refractivity contribution < 1.29 is 0 Å². The molecular formula is C7H9N3S. The van der Waals surface area contributed by atoms with Gasteiger partial charge in [-0.15, -0.1) is 0 Å². The Morgan fingerprint density at radius 2 is 1.91 bits per heavy atom. The van der Waals surface area contributed by atoms with E-state index in [0.717, 1.165) is 5.69 Å². The van der Waals surface area contributed by atoms with Gasteiger partial charge in [-0.3, -0.25) is 10.9 Å². The van der Waals surface area contributed by atoms with Crippen LogP contribution in [0.2, 0.25) is 0 Å². The van der Waals surface area contributed by atoms with E-state index in [-0.39, 0.29) is 5.11 Å². The van der Waals surface area contributed by atoms with Crippen molar-refractivity contribution in [3.05, 3.63) is 30.3 Å². The van der Waals surface area contributed by atoms with E-state index in [4.69, 9.17) is 5.73 Å². The molecule has 0 saturated carbocycles. The van der Waals surface area contributed by atoms with Crippen molar-refractivity contribution >= 4 is 23.0 Å². The number of anilines is 1. The molecule has 58 valence electrons. The Balaban J connectivity index is 2.45. The summed E-state index contributed by atoms with van der Waals surface area (Å²) in [6.07, 6.45) is 0. The van der Waals surface area contributed by atoms with E-state index >= 15 is 0 Å². The highest BCUT2D eigenvalue weighted by Crippen LogP contribution is 2.01. The second-order valence-corrected chi connectivity index (χ2v) is 2.42. The molecule has 0 fully saturated rings. The van der Waals surface area contributed by atoms with Gasteiger partial charge in [0.15, 0.2) is 5.11 Å². The molecule has 0 aliphatic rings. The standard InChI is InChI=1S/C7H9N3S/c8-7(11)10-9-6-4-2-1-3-5-6/h1-5,9H,(H3,8,10,11). The molecule has 0 amide bonds. The summed E-state index contributed by atoms with van der Waals surface area (Å²) in [7, 11) is 0. The zero-order valence-electron chi connectivity index (χ0n) is 5.87. The molecule has 0 radical (unpaired) electrons. The van der Waals surface area contributed by atoms with Crippen LogP contribution in [0.4, 0.5) is 5.69 Å². The molecule has 3 nitrogen and oxygen atoms in total. The topological polar surface area (TPSA) is 50.1 Å². The van der Waals surface area contributed by atoms with Crippen LogP contribution in [0.3, 0.4) is 0 Å². The summed E-state index contributed by atoms with van der Waals surface area (Å²) < 4.78 is 0. The molecule has 1 rings (SSSR count). The highest BCUT2D eigenvalue weighted by atomic mass is 32.1. The number of nitrogens with two attached hydrogens (primary N) is 1. The Kier molecular flexibility index (Phi) is 2.68. The minimum atomic E-state index is 0.230. The predicted octanol–water partition coefficient (Wildman–Crippen LogP) is 0.847. The third-order valence-corrected chi connectivity index (χ3v) is 1.21. The molecular weight excluding hydrogens is 158 g/mol. The molecule has 0 aliphatic carbocycles. The zero-order valence-corrected chi connectivity index (χ0v) is 6.69. The molecule has 0 aromatic heterocycles. The van der Waals surface area contributed by atoms with Gasteiger partial charge in [0, 0.05) is 0 Å². The van der Waals surface area contributed by atoms with Gasteiger partial charge < -0.3 is 5.73 Å². The van der Waals surface area contributed by atoms with Gasteiger partial charge in [0.05, 0.1) is 5.69 Å². The molecule has 4 heteroatoms. The first-order chi connectivity index (χ1) is 5.29. The highest BCUT2D eigenvalue weighted by Gasteiger charge is 1.86. The van der Waals surface area contributed by atoms with Crippen LogP contribution < -0.4 is 16.6 Å². The van der Waals surface area contributed by atoms with Crippen molar-refractivity contribution in [2.75, 3.05) is 5.43 Å². The fourth-order valence-corrected chi connectivity index (χ4v) is 0.706. The number of hydrazine groups is 1. The summed E-state index contributed by atoms with van der Waals surface area (Å²) in [5.74, 6) is 0. The minimum absolute atomic E-state index is 0.230. The number of nitrogens with one attached hydrogen (secondary N) is 2. The summed E-state index contributed by atoms with van der Waals surface area (Å²) in [6, 6.07) is 9.59. The fraction of sp³-hybridized carbons (Fsp3) is 0. The van der Waals surface area contributed by atoms with Gasteiger partial charge in [0.1, 0.15) is 0 Å². The summed E-state index contributed by atoms with van der Waals surface area (Å²) in [5.41, 5.74) is 11.6. The van der Waals surface area contributed by atoms with Gasteiger partial charge in [0.25, 0.3) is 0 Å². The second-order valence-electron chi connectivity index (χ2n) is 1.98. The van der Waals surface area contributed by atoms with Crippen LogP contribution >= 0.6 is 12.2 Å². The van der Waals surface area contributed by atoms with E-state index in [9.17, 15) is 0 Å². The largest absolute Gasteiger partial charge is 0.375 e. The lowest BCUT2D eigenvalue weighted by atomic mass is 10.3. The third-order valence-electron chi connectivity index (χ3n) is 1.10. The summed E-state index contributed by atoms with van der Waals surface area (Å²) in [4.78, 5) is 0. The normalized spacial score (nSPS) is 8.73.